The van der Waals surface area contributed by atoms with Crippen molar-refractivity contribution in [2.24, 2.45) is 0 Å². The minimum absolute atomic E-state index is 0.0445. The van der Waals surface area contributed by atoms with Crippen LogP contribution in [0, 0.1) is 5.82 Å². The Bertz CT molecular complexity index is 1310. The first-order chi connectivity index (χ1) is 19.4. The lowest BCUT2D eigenvalue weighted by atomic mass is 9.79. The molecule has 6 heteroatoms. The van der Waals surface area contributed by atoms with Gasteiger partial charge in [0.05, 0.1) is 13.2 Å². The van der Waals surface area contributed by atoms with Gasteiger partial charge >= 0.3 is 0 Å². The minimum Gasteiger partial charge on any atom is -0.508 e. The van der Waals surface area contributed by atoms with Gasteiger partial charge in [-0.3, -0.25) is 0 Å². The lowest BCUT2D eigenvalue weighted by molar-refractivity contribution is 0.134. The van der Waals surface area contributed by atoms with E-state index >= 15 is 4.39 Å². The van der Waals surface area contributed by atoms with Crippen LogP contribution >= 0.6 is 0 Å². The maximum atomic E-state index is 15.2. The average molecular weight is 547 g/mol. The zero-order chi connectivity index (χ0) is 28.2. The number of hydrogen-bond acceptors (Lipinski definition) is 5. The molecule has 1 fully saturated rings. The maximum absolute atomic E-state index is 15.2. The van der Waals surface area contributed by atoms with Crippen molar-refractivity contribution in [3.05, 3.63) is 82.7 Å². The van der Waals surface area contributed by atoms with Gasteiger partial charge in [0.25, 0.3) is 0 Å². The quantitative estimate of drug-likeness (QED) is 0.274. The number of benzene rings is 3. The summed E-state index contributed by atoms with van der Waals surface area (Å²) in [5, 5.41) is 9.92. The molecule has 1 saturated carbocycles. The van der Waals surface area contributed by atoms with E-state index in [1.807, 2.05) is 18.2 Å². The Labute approximate surface area is 238 Å². The molecule has 5 nitrogen and oxygen atoms in total. The standard InChI is InChI=1S/C34H43FN2O3/c1-5-37(23(2)24-12-16-34(32(35)21-24)40-18-17-36(3)28-7-6-8-28)33-22-30(39-4)14-15-31(33)27-10-9-26-20-29(38)13-11-25(26)19-27/h11-16,20-23,27-28,38H,5-10,17-19H2,1-4H3/t23?,27-/m1/s1. The molecule has 40 heavy (non-hydrogen) atoms. The van der Waals surface area contributed by atoms with Gasteiger partial charge in [0.2, 0.25) is 0 Å². The highest BCUT2D eigenvalue weighted by atomic mass is 19.1. The van der Waals surface area contributed by atoms with Crippen LogP contribution < -0.4 is 14.4 Å². The molecule has 0 aliphatic heterocycles. The molecule has 2 aliphatic carbocycles. The number of anilines is 1. The minimum atomic E-state index is -0.315. The summed E-state index contributed by atoms with van der Waals surface area (Å²) in [7, 11) is 3.82. The molecule has 0 saturated heterocycles. The number of halogens is 1. The number of phenols is 1. The number of rotatable bonds is 11. The summed E-state index contributed by atoms with van der Waals surface area (Å²) in [5.74, 6) is 1.50. The van der Waals surface area contributed by atoms with E-state index < -0.39 is 0 Å². The number of ether oxygens (including phenoxy) is 2. The van der Waals surface area contributed by atoms with Crippen molar-refractivity contribution in [1.29, 1.82) is 0 Å². The smallest absolute Gasteiger partial charge is 0.165 e. The van der Waals surface area contributed by atoms with Gasteiger partial charge in [-0.25, -0.2) is 4.39 Å². The Kier molecular flexibility index (Phi) is 8.84. The molecule has 2 atom stereocenters. The first-order valence-electron chi connectivity index (χ1n) is 14.8. The number of phenolic OH excluding ortho intramolecular Hbond substituents is 1. The average Bonchev–Trinajstić information content (AvgIpc) is 2.93. The van der Waals surface area contributed by atoms with E-state index in [2.05, 4.69) is 48.9 Å². The van der Waals surface area contributed by atoms with Crippen LogP contribution in [0.4, 0.5) is 10.1 Å². The van der Waals surface area contributed by atoms with Crippen LogP contribution in [0.25, 0.3) is 0 Å². The third-order valence-electron chi connectivity index (χ3n) is 9.05. The molecule has 0 spiro atoms. The highest BCUT2D eigenvalue weighted by Crippen LogP contribution is 2.42. The third-order valence-corrected chi connectivity index (χ3v) is 9.05. The molecule has 3 aromatic carbocycles. The van der Waals surface area contributed by atoms with Gasteiger partial charge in [-0.15, -0.1) is 0 Å². The fourth-order valence-electron chi connectivity index (χ4n) is 6.29. The van der Waals surface area contributed by atoms with Crippen molar-refractivity contribution in [2.45, 2.75) is 70.4 Å². The summed E-state index contributed by atoms with van der Waals surface area (Å²) < 4.78 is 26.7. The number of fused-ring (bicyclic) bond motifs is 1. The summed E-state index contributed by atoms with van der Waals surface area (Å²) >= 11 is 0. The third kappa shape index (κ3) is 6.07. The van der Waals surface area contributed by atoms with Gasteiger partial charge in [-0.05, 0) is 112 Å². The Balaban J connectivity index is 1.34. The van der Waals surface area contributed by atoms with Gasteiger partial charge in [0, 0.05) is 30.9 Å². The first-order valence-corrected chi connectivity index (χ1v) is 14.8. The van der Waals surface area contributed by atoms with E-state index in [9.17, 15) is 5.11 Å². The molecule has 0 heterocycles. The van der Waals surface area contributed by atoms with Crippen molar-refractivity contribution >= 4 is 5.69 Å². The van der Waals surface area contributed by atoms with Crippen LogP contribution in [0.15, 0.2) is 54.6 Å². The van der Waals surface area contributed by atoms with Crippen LogP contribution in [0.5, 0.6) is 17.2 Å². The Morgan fingerprint density at radius 1 is 1.02 bits per heavy atom. The zero-order valence-electron chi connectivity index (χ0n) is 24.3. The molecule has 214 valence electrons. The van der Waals surface area contributed by atoms with Gasteiger partial charge < -0.3 is 24.4 Å². The predicted octanol–water partition coefficient (Wildman–Crippen LogP) is 7.26. The molecule has 0 bridgehead atoms. The van der Waals surface area contributed by atoms with Crippen LogP contribution in [0.1, 0.15) is 73.7 Å². The number of likely N-dealkylation sites (N-methyl/N-ethyl adjacent to an activating group) is 1. The number of aryl methyl sites for hydroxylation is 1. The van der Waals surface area contributed by atoms with Crippen LogP contribution in [-0.4, -0.2) is 49.9 Å². The van der Waals surface area contributed by atoms with E-state index in [0.29, 0.717) is 30.1 Å². The van der Waals surface area contributed by atoms with Crippen LogP contribution in [0.2, 0.25) is 0 Å². The summed E-state index contributed by atoms with van der Waals surface area (Å²) in [6.07, 6.45) is 6.68. The summed E-state index contributed by atoms with van der Waals surface area (Å²) in [6, 6.07) is 18.1. The van der Waals surface area contributed by atoms with Gasteiger partial charge in [0.15, 0.2) is 11.6 Å². The first kappa shape index (κ1) is 28.3. The van der Waals surface area contributed by atoms with Crippen molar-refractivity contribution in [1.82, 2.24) is 4.90 Å². The van der Waals surface area contributed by atoms with Crippen molar-refractivity contribution < 1.29 is 19.0 Å². The van der Waals surface area contributed by atoms with Gasteiger partial charge in [-0.1, -0.05) is 24.6 Å². The second-order valence-electron chi connectivity index (χ2n) is 11.4. The van der Waals surface area contributed by atoms with E-state index in [4.69, 9.17) is 9.47 Å². The largest absolute Gasteiger partial charge is 0.508 e. The number of methoxy groups -OCH3 is 1. The van der Waals surface area contributed by atoms with Gasteiger partial charge in [-0.2, -0.15) is 0 Å². The number of aromatic hydroxyl groups is 1. The Morgan fingerprint density at radius 3 is 2.55 bits per heavy atom. The number of nitrogens with zero attached hydrogens (tertiary/aromatic N) is 2. The summed E-state index contributed by atoms with van der Waals surface area (Å²) in [4.78, 5) is 4.66. The predicted molar refractivity (Wildman–Crippen MR) is 159 cm³/mol. The maximum Gasteiger partial charge on any atom is 0.165 e. The second kappa shape index (κ2) is 12.5. The SMILES string of the molecule is CCN(c1cc(OC)ccc1[C@@H]1CCc2cc(O)ccc2C1)C(C)c1ccc(OCCN(C)C2CCC2)c(F)c1. The fourth-order valence-corrected chi connectivity index (χ4v) is 6.29. The van der Waals surface area contributed by atoms with Crippen molar-refractivity contribution in [2.75, 3.05) is 38.8 Å². The molecule has 0 aromatic heterocycles. The molecular weight excluding hydrogens is 503 g/mol. The van der Waals surface area contributed by atoms with Crippen molar-refractivity contribution in [3.8, 4) is 17.2 Å². The summed E-state index contributed by atoms with van der Waals surface area (Å²) in [6.45, 7) is 6.33. The monoisotopic (exact) mass is 546 g/mol. The van der Waals surface area contributed by atoms with Gasteiger partial charge in [0.1, 0.15) is 18.1 Å². The molecule has 1 N–H and O–H groups in total. The highest BCUT2D eigenvalue weighted by Gasteiger charge is 2.27. The Hall–Kier alpha value is -3.25. The lowest BCUT2D eigenvalue weighted by Gasteiger charge is -2.35. The van der Waals surface area contributed by atoms with Crippen LogP contribution in [-0.2, 0) is 12.8 Å². The molecule has 0 amide bonds. The van der Waals surface area contributed by atoms with E-state index in [1.54, 1.807) is 25.3 Å². The molecule has 3 aromatic rings. The topological polar surface area (TPSA) is 45.2 Å². The summed E-state index contributed by atoms with van der Waals surface area (Å²) in [5.41, 5.74) is 5.85. The molecule has 2 aliphatic rings. The van der Waals surface area contributed by atoms with Crippen molar-refractivity contribution in [3.63, 3.8) is 0 Å². The molecule has 0 radical (unpaired) electrons. The van der Waals surface area contributed by atoms with E-state index in [0.717, 1.165) is 49.4 Å². The molecule has 1 unspecified atom stereocenters. The molecular formula is C34H43FN2O3. The lowest BCUT2D eigenvalue weighted by Crippen LogP contribution is -2.39. The molecule has 5 rings (SSSR count). The normalized spacial score (nSPS) is 17.7. The zero-order valence-corrected chi connectivity index (χ0v) is 24.3. The Morgan fingerprint density at radius 2 is 1.85 bits per heavy atom. The number of hydrogen-bond donors (Lipinski definition) is 1. The van der Waals surface area contributed by atoms with E-state index in [-0.39, 0.29) is 11.9 Å². The van der Waals surface area contributed by atoms with Crippen LogP contribution in [0.3, 0.4) is 0 Å². The fraction of sp³-hybridized carbons (Fsp3) is 0.471. The highest BCUT2D eigenvalue weighted by molar-refractivity contribution is 5.61. The van der Waals surface area contributed by atoms with E-state index in [1.165, 1.54) is 36.0 Å². The second-order valence-corrected chi connectivity index (χ2v) is 11.4.